The van der Waals surface area contributed by atoms with Gasteiger partial charge in [0.05, 0.1) is 0 Å². The lowest BCUT2D eigenvalue weighted by Gasteiger charge is -1.90. The second-order valence-electron chi connectivity index (χ2n) is 1.81. The zero-order valence-corrected chi connectivity index (χ0v) is 5.93. The van der Waals surface area contributed by atoms with Crippen LogP contribution in [0.25, 0.3) is 0 Å². The predicted molar refractivity (Wildman–Crippen MR) is 36.2 cm³/mol. The Labute approximate surface area is 57.8 Å². The van der Waals surface area contributed by atoms with E-state index >= 15 is 0 Å². The monoisotopic (exact) mass is 143 g/mol. The van der Waals surface area contributed by atoms with Crippen molar-refractivity contribution in [3.8, 4) is 0 Å². The fraction of sp³-hybridized carbons (Fsp3) is 0.500. The van der Waals surface area contributed by atoms with Gasteiger partial charge in [-0.15, -0.1) is 0 Å². The minimum Gasteiger partial charge on any atom is -0.394 e. The standard InChI is InChI=1S/C6H9NO3/c1-3-4-5(7-2)10-6(8)9-4/h7H,3H2,1-2H3. The minimum absolute atomic E-state index is 0.424. The smallest absolute Gasteiger partial charge is 0.394 e. The van der Waals surface area contributed by atoms with E-state index in [9.17, 15) is 4.79 Å². The van der Waals surface area contributed by atoms with Gasteiger partial charge in [-0.25, -0.2) is 4.79 Å². The summed E-state index contributed by atoms with van der Waals surface area (Å²) in [7, 11) is 1.67. The molecule has 1 rings (SSSR count). The summed E-state index contributed by atoms with van der Waals surface area (Å²) in [4.78, 5) is 10.5. The molecule has 0 aliphatic rings. The van der Waals surface area contributed by atoms with E-state index in [1.807, 2.05) is 6.92 Å². The first-order valence-electron chi connectivity index (χ1n) is 3.08. The first-order chi connectivity index (χ1) is 4.77. The van der Waals surface area contributed by atoms with Gasteiger partial charge in [0.1, 0.15) is 0 Å². The van der Waals surface area contributed by atoms with E-state index in [1.54, 1.807) is 7.05 Å². The predicted octanol–water partition coefficient (Wildman–Crippen LogP) is 0.837. The molecule has 1 N–H and O–H groups in total. The number of nitrogens with one attached hydrogen (secondary N) is 1. The normalized spacial score (nSPS) is 9.80. The molecule has 0 aromatic carbocycles. The molecule has 0 atom stereocenters. The molecular formula is C6H9NO3. The minimum atomic E-state index is -0.652. The molecule has 0 aliphatic heterocycles. The summed E-state index contributed by atoms with van der Waals surface area (Å²) in [6, 6.07) is 0. The van der Waals surface area contributed by atoms with Crippen LogP contribution in [0.3, 0.4) is 0 Å². The quantitative estimate of drug-likeness (QED) is 0.666. The second kappa shape index (κ2) is 2.60. The van der Waals surface area contributed by atoms with E-state index in [2.05, 4.69) is 14.2 Å². The lowest BCUT2D eigenvalue weighted by atomic mass is 10.4. The number of anilines is 1. The van der Waals surface area contributed by atoms with E-state index in [-0.39, 0.29) is 0 Å². The highest BCUT2D eigenvalue weighted by molar-refractivity contribution is 5.32. The van der Waals surface area contributed by atoms with Crippen LogP contribution in [0.5, 0.6) is 0 Å². The maximum Gasteiger partial charge on any atom is 0.520 e. The fourth-order valence-electron chi connectivity index (χ4n) is 0.731. The van der Waals surface area contributed by atoms with Gasteiger partial charge in [0.2, 0.25) is 5.88 Å². The first kappa shape index (κ1) is 6.92. The average molecular weight is 143 g/mol. The van der Waals surface area contributed by atoms with Crippen LogP contribution in [0.2, 0.25) is 0 Å². The van der Waals surface area contributed by atoms with Crippen LogP contribution in [-0.2, 0) is 6.42 Å². The highest BCUT2D eigenvalue weighted by Crippen LogP contribution is 2.11. The Kier molecular flexibility index (Phi) is 1.80. The highest BCUT2D eigenvalue weighted by atomic mass is 16.6. The maximum absolute atomic E-state index is 10.5. The molecule has 4 heteroatoms. The van der Waals surface area contributed by atoms with Crippen molar-refractivity contribution in [2.75, 3.05) is 12.4 Å². The Morgan fingerprint density at radius 1 is 1.50 bits per heavy atom. The third-order valence-corrected chi connectivity index (χ3v) is 1.19. The zero-order chi connectivity index (χ0) is 7.56. The average Bonchev–Trinajstić information content (AvgIpc) is 2.30. The number of hydrogen-bond donors (Lipinski definition) is 1. The largest absolute Gasteiger partial charge is 0.520 e. The Bertz CT molecular complexity index is 236. The van der Waals surface area contributed by atoms with Crippen molar-refractivity contribution in [3.63, 3.8) is 0 Å². The van der Waals surface area contributed by atoms with Gasteiger partial charge in [-0.2, -0.15) is 0 Å². The molecular weight excluding hydrogens is 134 g/mol. The summed E-state index contributed by atoms with van der Waals surface area (Å²) >= 11 is 0. The van der Waals surface area contributed by atoms with E-state index < -0.39 is 5.82 Å². The second-order valence-corrected chi connectivity index (χ2v) is 1.81. The van der Waals surface area contributed by atoms with Crippen molar-refractivity contribution < 1.29 is 8.83 Å². The Balaban J connectivity index is 3.08. The Hall–Kier alpha value is -1.19. The van der Waals surface area contributed by atoms with Gasteiger partial charge in [0.25, 0.3) is 0 Å². The number of aryl methyl sites for hydroxylation is 1. The van der Waals surface area contributed by atoms with Gasteiger partial charge < -0.3 is 14.2 Å². The molecule has 0 unspecified atom stereocenters. The van der Waals surface area contributed by atoms with Gasteiger partial charge >= 0.3 is 5.82 Å². The first-order valence-corrected chi connectivity index (χ1v) is 3.08. The summed E-state index contributed by atoms with van der Waals surface area (Å²) in [5.74, 6) is 0.334. The third-order valence-electron chi connectivity index (χ3n) is 1.19. The molecule has 1 aromatic heterocycles. The summed E-state index contributed by atoms with van der Waals surface area (Å²) in [5.41, 5.74) is 0. The van der Waals surface area contributed by atoms with Crippen molar-refractivity contribution in [1.82, 2.24) is 0 Å². The summed E-state index contributed by atoms with van der Waals surface area (Å²) in [6.45, 7) is 1.88. The van der Waals surface area contributed by atoms with Gasteiger partial charge in [0, 0.05) is 13.5 Å². The molecule has 0 saturated carbocycles. The number of rotatable bonds is 2. The van der Waals surface area contributed by atoms with E-state index in [4.69, 9.17) is 0 Å². The SMILES string of the molecule is CCc1oc(=O)oc1NC. The molecule has 56 valence electrons. The highest BCUT2D eigenvalue weighted by Gasteiger charge is 2.07. The van der Waals surface area contributed by atoms with Crippen LogP contribution in [0, 0.1) is 0 Å². The number of hydrogen-bond acceptors (Lipinski definition) is 4. The van der Waals surface area contributed by atoms with Crippen molar-refractivity contribution in [2.24, 2.45) is 0 Å². The molecule has 10 heavy (non-hydrogen) atoms. The van der Waals surface area contributed by atoms with E-state index in [0.717, 1.165) is 0 Å². The van der Waals surface area contributed by atoms with Gasteiger partial charge in [-0.3, -0.25) is 0 Å². The molecule has 1 heterocycles. The van der Waals surface area contributed by atoms with Crippen LogP contribution in [0.4, 0.5) is 5.88 Å². The van der Waals surface area contributed by atoms with Gasteiger partial charge in [-0.05, 0) is 0 Å². The van der Waals surface area contributed by atoms with Crippen LogP contribution in [-0.4, -0.2) is 7.05 Å². The van der Waals surface area contributed by atoms with E-state index in [1.165, 1.54) is 0 Å². The molecule has 0 aliphatic carbocycles. The topological polar surface area (TPSA) is 55.4 Å². The molecule has 0 spiro atoms. The summed E-state index contributed by atoms with van der Waals surface area (Å²) < 4.78 is 9.29. The van der Waals surface area contributed by atoms with Gasteiger partial charge in [-0.1, -0.05) is 6.92 Å². The molecule has 0 radical (unpaired) electrons. The Morgan fingerprint density at radius 3 is 2.60 bits per heavy atom. The van der Waals surface area contributed by atoms with Crippen LogP contribution in [0.15, 0.2) is 13.6 Å². The summed E-state index contributed by atoms with van der Waals surface area (Å²) in [5, 5.41) is 2.71. The van der Waals surface area contributed by atoms with Crippen LogP contribution >= 0.6 is 0 Å². The zero-order valence-electron chi connectivity index (χ0n) is 5.93. The van der Waals surface area contributed by atoms with Crippen molar-refractivity contribution in [3.05, 3.63) is 16.4 Å². The molecule has 4 nitrogen and oxygen atoms in total. The molecule has 1 aromatic rings. The summed E-state index contributed by atoms with van der Waals surface area (Å²) in [6.07, 6.45) is 0.655. The van der Waals surface area contributed by atoms with Crippen LogP contribution in [0.1, 0.15) is 12.7 Å². The lowest BCUT2D eigenvalue weighted by molar-refractivity contribution is 0.378. The van der Waals surface area contributed by atoms with Gasteiger partial charge in [0.15, 0.2) is 5.76 Å². The van der Waals surface area contributed by atoms with Crippen molar-refractivity contribution in [2.45, 2.75) is 13.3 Å². The lowest BCUT2D eigenvalue weighted by Crippen LogP contribution is -1.89. The van der Waals surface area contributed by atoms with E-state index in [0.29, 0.717) is 18.1 Å². The van der Waals surface area contributed by atoms with Crippen molar-refractivity contribution >= 4 is 5.88 Å². The van der Waals surface area contributed by atoms with Crippen molar-refractivity contribution in [1.29, 1.82) is 0 Å². The third kappa shape index (κ3) is 1.05. The maximum atomic E-state index is 10.5. The molecule has 0 amide bonds. The molecule has 0 saturated heterocycles. The van der Waals surface area contributed by atoms with Crippen LogP contribution < -0.4 is 11.1 Å². The molecule has 0 fully saturated rings. The fourth-order valence-corrected chi connectivity index (χ4v) is 0.731. The molecule has 0 bridgehead atoms. The Morgan fingerprint density at radius 2 is 2.20 bits per heavy atom.